The second-order valence-corrected chi connectivity index (χ2v) is 9.29. The van der Waals surface area contributed by atoms with E-state index in [-0.39, 0.29) is 22.3 Å². The zero-order chi connectivity index (χ0) is 20.6. The van der Waals surface area contributed by atoms with Gasteiger partial charge in [0, 0.05) is 22.9 Å². The highest BCUT2D eigenvalue weighted by Gasteiger charge is 2.29. The van der Waals surface area contributed by atoms with Crippen LogP contribution in [0.3, 0.4) is 0 Å². The molecule has 0 unspecified atom stereocenters. The van der Waals surface area contributed by atoms with Gasteiger partial charge in [0.15, 0.2) is 0 Å². The summed E-state index contributed by atoms with van der Waals surface area (Å²) in [6.45, 7) is 3.43. The van der Waals surface area contributed by atoms with E-state index in [9.17, 15) is 13.2 Å². The number of hydrogen-bond donors (Lipinski definition) is 1. The molecule has 0 saturated carbocycles. The van der Waals surface area contributed by atoms with E-state index in [0.29, 0.717) is 47.3 Å². The number of furan rings is 1. The first-order valence-electron chi connectivity index (χ1n) is 9.04. The smallest absolute Gasteiger partial charge is 0.291 e. The first-order valence-corrected chi connectivity index (χ1v) is 11.3. The van der Waals surface area contributed by atoms with Gasteiger partial charge in [-0.05, 0) is 36.8 Å². The van der Waals surface area contributed by atoms with Gasteiger partial charge in [0.1, 0.15) is 11.3 Å². The number of hydrogen-bond acceptors (Lipinski definition) is 5. The number of carbonyl (C=O) groups excluding carboxylic acids is 1. The summed E-state index contributed by atoms with van der Waals surface area (Å²) in [5.41, 5.74) is 1.18. The van der Waals surface area contributed by atoms with E-state index in [0.717, 1.165) is 0 Å². The lowest BCUT2D eigenvalue weighted by atomic mass is 10.2. The summed E-state index contributed by atoms with van der Waals surface area (Å²) in [5, 5.41) is 0.528. The molecule has 152 valence electrons. The molecule has 1 aliphatic rings. The van der Waals surface area contributed by atoms with Gasteiger partial charge in [-0.3, -0.25) is 9.52 Å². The van der Waals surface area contributed by atoms with Crippen molar-refractivity contribution in [2.24, 2.45) is 0 Å². The predicted molar refractivity (Wildman–Crippen MR) is 113 cm³/mol. The van der Waals surface area contributed by atoms with Gasteiger partial charge in [0.25, 0.3) is 15.9 Å². The van der Waals surface area contributed by atoms with Crippen LogP contribution in [0.25, 0.3) is 11.0 Å². The number of rotatable bonds is 4. The van der Waals surface area contributed by atoms with Gasteiger partial charge in [-0.25, -0.2) is 8.42 Å². The number of halogens is 1. The topological polar surface area (TPSA) is 88.9 Å². The quantitative estimate of drug-likeness (QED) is 0.616. The number of benzene rings is 2. The second-order valence-electron chi connectivity index (χ2n) is 6.72. The normalized spacial score (nSPS) is 14.9. The maximum absolute atomic E-state index is 13.1. The molecular formula is C20H19BrN2O5S. The fraction of sp³-hybridized carbons (Fsp3) is 0.250. The van der Waals surface area contributed by atoms with Gasteiger partial charge >= 0.3 is 0 Å². The number of carbonyl (C=O) groups is 1. The van der Waals surface area contributed by atoms with E-state index in [1.54, 1.807) is 48.2 Å². The summed E-state index contributed by atoms with van der Waals surface area (Å²) in [4.78, 5) is 14.8. The van der Waals surface area contributed by atoms with Crippen molar-refractivity contribution in [3.63, 3.8) is 0 Å². The molecule has 0 bridgehead atoms. The highest BCUT2D eigenvalue weighted by Crippen LogP contribution is 2.34. The maximum Gasteiger partial charge on any atom is 0.291 e. The number of para-hydroxylation sites is 1. The number of anilines is 1. The molecule has 2 aromatic carbocycles. The maximum atomic E-state index is 13.1. The van der Waals surface area contributed by atoms with E-state index < -0.39 is 10.0 Å². The minimum Gasteiger partial charge on any atom is -0.449 e. The van der Waals surface area contributed by atoms with Crippen LogP contribution >= 0.6 is 15.9 Å². The summed E-state index contributed by atoms with van der Waals surface area (Å²) in [7, 11) is -3.95. The number of aryl methyl sites for hydroxylation is 1. The second kappa shape index (κ2) is 7.81. The highest BCUT2D eigenvalue weighted by atomic mass is 79.9. The third-order valence-electron chi connectivity index (χ3n) is 4.76. The molecule has 0 atom stereocenters. The van der Waals surface area contributed by atoms with E-state index >= 15 is 0 Å². The number of nitrogens with one attached hydrogen (secondary N) is 1. The molecule has 1 N–H and O–H groups in total. The van der Waals surface area contributed by atoms with Crippen LogP contribution in [0.1, 0.15) is 16.1 Å². The van der Waals surface area contributed by atoms with Crippen LogP contribution in [0.4, 0.5) is 5.69 Å². The molecule has 29 heavy (non-hydrogen) atoms. The minimum atomic E-state index is -3.95. The van der Waals surface area contributed by atoms with Crippen molar-refractivity contribution in [2.75, 3.05) is 31.0 Å². The molecule has 2 heterocycles. The Hall–Kier alpha value is -2.36. The largest absolute Gasteiger partial charge is 0.449 e. The summed E-state index contributed by atoms with van der Waals surface area (Å²) < 4.78 is 40.6. The van der Waals surface area contributed by atoms with Crippen LogP contribution in [0.2, 0.25) is 0 Å². The molecule has 1 amide bonds. The summed E-state index contributed by atoms with van der Waals surface area (Å²) in [5.74, 6) is -0.391. The van der Waals surface area contributed by atoms with Crippen molar-refractivity contribution in [2.45, 2.75) is 11.8 Å². The zero-order valence-electron chi connectivity index (χ0n) is 15.6. The predicted octanol–water partition coefficient (Wildman–Crippen LogP) is 3.78. The lowest BCUT2D eigenvalue weighted by Crippen LogP contribution is -2.40. The van der Waals surface area contributed by atoms with E-state index in [2.05, 4.69) is 20.7 Å². The number of amides is 1. The molecule has 0 spiro atoms. The molecule has 1 aliphatic heterocycles. The van der Waals surface area contributed by atoms with Crippen LogP contribution < -0.4 is 4.72 Å². The Bertz CT molecular complexity index is 1180. The van der Waals surface area contributed by atoms with E-state index in [1.807, 2.05) is 0 Å². The lowest BCUT2D eigenvalue weighted by molar-refractivity contribution is 0.0285. The molecule has 3 aromatic rings. The minimum absolute atomic E-state index is 0.0238. The van der Waals surface area contributed by atoms with Crippen LogP contribution in [0, 0.1) is 6.92 Å². The van der Waals surface area contributed by atoms with Crippen molar-refractivity contribution in [3.8, 4) is 0 Å². The Morgan fingerprint density at radius 2 is 1.86 bits per heavy atom. The summed E-state index contributed by atoms with van der Waals surface area (Å²) in [6.07, 6.45) is 0. The van der Waals surface area contributed by atoms with Crippen molar-refractivity contribution in [3.05, 3.63) is 58.3 Å². The molecule has 7 nitrogen and oxygen atoms in total. The molecule has 9 heteroatoms. The van der Waals surface area contributed by atoms with E-state index in [1.165, 1.54) is 6.07 Å². The molecular weight excluding hydrogens is 460 g/mol. The lowest BCUT2D eigenvalue weighted by Gasteiger charge is -2.26. The number of sulfonamides is 1. The van der Waals surface area contributed by atoms with Crippen LogP contribution in [0.15, 0.2) is 56.2 Å². The molecule has 0 radical (unpaired) electrons. The van der Waals surface area contributed by atoms with Gasteiger partial charge < -0.3 is 14.1 Å². The number of ether oxygens (including phenoxy) is 1. The Morgan fingerprint density at radius 1 is 1.14 bits per heavy atom. The first-order chi connectivity index (χ1) is 13.9. The van der Waals surface area contributed by atoms with Crippen LogP contribution in [0.5, 0.6) is 0 Å². The average Bonchev–Trinajstić information content (AvgIpc) is 3.07. The summed E-state index contributed by atoms with van der Waals surface area (Å²) in [6, 6.07) is 12.0. The fourth-order valence-corrected chi connectivity index (χ4v) is 5.13. The SMILES string of the molecule is Cc1ccc(Br)cc1S(=O)(=O)Nc1c(C(=O)N2CCOCC2)oc2ccccc12. The van der Waals surface area contributed by atoms with Crippen molar-refractivity contribution in [1.29, 1.82) is 0 Å². The van der Waals surface area contributed by atoms with Gasteiger partial charge in [-0.2, -0.15) is 0 Å². The third-order valence-corrected chi connectivity index (χ3v) is 6.75. The molecule has 0 aliphatic carbocycles. The third kappa shape index (κ3) is 3.90. The molecule has 1 saturated heterocycles. The standard InChI is InChI=1S/C20H19BrN2O5S/c1-13-6-7-14(21)12-17(13)29(25,26)22-18-15-4-2-3-5-16(15)28-19(18)20(24)23-8-10-27-11-9-23/h2-7,12,22H,8-11H2,1H3. The van der Waals surface area contributed by atoms with Crippen molar-refractivity contribution in [1.82, 2.24) is 4.90 Å². The Kier molecular flexibility index (Phi) is 5.37. The van der Waals surface area contributed by atoms with Crippen molar-refractivity contribution >= 4 is 48.5 Å². The number of morpholine rings is 1. The van der Waals surface area contributed by atoms with Crippen LogP contribution in [-0.4, -0.2) is 45.5 Å². The Morgan fingerprint density at radius 3 is 2.62 bits per heavy atom. The van der Waals surface area contributed by atoms with Gasteiger partial charge in [-0.15, -0.1) is 0 Å². The molecule has 1 fully saturated rings. The van der Waals surface area contributed by atoms with Gasteiger partial charge in [0.05, 0.1) is 18.1 Å². The Balaban J connectivity index is 1.80. The first kappa shape index (κ1) is 19.9. The Labute approximate surface area is 176 Å². The zero-order valence-corrected chi connectivity index (χ0v) is 18.0. The number of nitrogens with zero attached hydrogens (tertiary/aromatic N) is 1. The molecule has 4 rings (SSSR count). The van der Waals surface area contributed by atoms with Gasteiger partial charge in [0.2, 0.25) is 5.76 Å². The summed E-state index contributed by atoms with van der Waals surface area (Å²) >= 11 is 3.31. The van der Waals surface area contributed by atoms with Crippen LogP contribution in [-0.2, 0) is 14.8 Å². The van der Waals surface area contributed by atoms with Gasteiger partial charge in [-0.1, -0.05) is 34.1 Å². The highest BCUT2D eigenvalue weighted by molar-refractivity contribution is 9.10. The monoisotopic (exact) mass is 478 g/mol. The average molecular weight is 479 g/mol. The van der Waals surface area contributed by atoms with E-state index in [4.69, 9.17) is 9.15 Å². The fourth-order valence-electron chi connectivity index (χ4n) is 3.26. The van der Waals surface area contributed by atoms with Crippen molar-refractivity contribution < 1.29 is 22.4 Å². The number of fused-ring (bicyclic) bond motifs is 1. The molecule has 1 aromatic heterocycles.